The molecule has 2 N–H and O–H groups in total. The van der Waals surface area contributed by atoms with Gasteiger partial charge in [-0.15, -0.1) is 0 Å². The number of hydrogen-bond donors (Lipinski definition) is 1. The summed E-state index contributed by atoms with van der Waals surface area (Å²) < 4.78 is 0. The maximum atomic E-state index is 6.35. The van der Waals surface area contributed by atoms with Gasteiger partial charge in [-0.1, -0.05) is 13.3 Å². The second-order valence-electron chi connectivity index (χ2n) is 5.49. The standard InChI is InChI=1S/C12H24N2/c1-3-11-9-12(11,13)8-10-4-6-14(2)7-5-10/h10-11H,3-9,13H2,1-2H3. The van der Waals surface area contributed by atoms with Gasteiger partial charge >= 0.3 is 0 Å². The molecular weight excluding hydrogens is 172 g/mol. The van der Waals surface area contributed by atoms with E-state index in [1.807, 2.05) is 0 Å². The highest BCUT2D eigenvalue weighted by Crippen LogP contribution is 2.48. The zero-order valence-electron chi connectivity index (χ0n) is 9.63. The Labute approximate surface area is 87.8 Å². The maximum absolute atomic E-state index is 6.35. The van der Waals surface area contributed by atoms with Crippen molar-refractivity contribution in [3.05, 3.63) is 0 Å². The molecule has 2 nitrogen and oxygen atoms in total. The molecule has 0 amide bonds. The van der Waals surface area contributed by atoms with E-state index in [-0.39, 0.29) is 5.54 Å². The molecule has 0 aromatic rings. The van der Waals surface area contributed by atoms with Gasteiger partial charge in [0.15, 0.2) is 0 Å². The molecular formula is C12H24N2. The van der Waals surface area contributed by atoms with Gasteiger partial charge in [0.25, 0.3) is 0 Å². The fourth-order valence-corrected chi connectivity index (χ4v) is 3.00. The predicted octanol–water partition coefficient (Wildman–Crippen LogP) is 1.85. The Morgan fingerprint density at radius 1 is 1.36 bits per heavy atom. The molecule has 1 heterocycles. The van der Waals surface area contributed by atoms with E-state index >= 15 is 0 Å². The van der Waals surface area contributed by atoms with Crippen LogP contribution in [-0.2, 0) is 0 Å². The first-order chi connectivity index (χ1) is 6.64. The van der Waals surface area contributed by atoms with E-state index in [9.17, 15) is 0 Å². The maximum Gasteiger partial charge on any atom is 0.0189 e. The first kappa shape index (κ1) is 10.4. The Hall–Kier alpha value is -0.0800. The highest BCUT2D eigenvalue weighted by molar-refractivity contribution is 5.07. The Morgan fingerprint density at radius 2 is 2.00 bits per heavy atom. The lowest BCUT2D eigenvalue weighted by Gasteiger charge is -2.30. The van der Waals surface area contributed by atoms with Crippen molar-refractivity contribution in [2.24, 2.45) is 17.6 Å². The Kier molecular flexibility index (Phi) is 2.85. The summed E-state index contributed by atoms with van der Waals surface area (Å²) in [6, 6.07) is 0. The second kappa shape index (κ2) is 3.82. The highest BCUT2D eigenvalue weighted by Gasteiger charge is 2.50. The van der Waals surface area contributed by atoms with Gasteiger partial charge in [-0.3, -0.25) is 0 Å². The van der Waals surface area contributed by atoms with E-state index in [0.29, 0.717) is 0 Å². The number of likely N-dealkylation sites (tertiary alicyclic amines) is 1. The van der Waals surface area contributed by atoms with Crippen LogP contribution in [0.2, 0.25) is 0 Å². The SMILES string of the molecule is CCC1CC1(N)CC1CCN(C)CC1. The molecule has 1 saturated heterocycles. The first-order valence-electron chi connectivity index (χ1n) is 6.11. The van der Waals surface area contributed by atoms with E-state index in [2.05, 4.69) is 18.9 Å². The summed E-state index contributed by atoms with van der Waals surface area (Å²) in [5.41, 5.74) is 6.60. The van der Waals surface area contributed by atoms with Crippen molar-refractivity contribution in [3.63, 3.8) is 0 Å². The summed E-state index contributed by atoms with van der Waals surface area (Å²) in [5.74, 6) is 1.75. The van der Waals surface area contributed by atoms with Gasteiger partial charge in [0, 0.05) is 5.54 Å². The normalized spacial score (nSPS) is 40.1. The van der Waals surface area contributed by atoms with E-state index in [0.717, 1.165) is 11.8 Å². The number of rotatable bonds is 3. The molecule has 0 bridgehead atoms. The fraction of sp³-hybridized carbons (Fsp3) is 1.00. The van der Waals surface area contributed by atoms with Crippen molar-refractivity contribution in [2.75, 3.05) is 20.1 Å². The quantitative estimate of drug-likeness (QED) is 0.746. The van der Waals surface area contributed by atoms with Crippen LogP contribution < -0.4 is 5.73 Å². The van der Waals surface area contributed by atoms with Crippen molar-refractivity contribution in [2.45, 2.75) is 44.6 Å². The van der Waals surface area contributed by atoms with Crippen LogP contribution in [0.3, 0.4) is 0 Å². The van der Waals surface area contributed by atoms with Crippen LogP contribution in [0, 0.1) is 11.8 Å². The third-order valence-electron chi connectivity index (χ3n) is 4.28. The molecule has 1 saturated carbocycles. The second-order valence-corrected chi connectivity index (χ2v) is 5.49. The lowest BCUT2D eigenvalue weighted by molar-refractivity contribution is 0.200. The predicted molar refractivity (Wildman–Crippen MR) is 60.2 cm³/mol. The van der Waals surface area contributed by atoms with Crippen LogP contribution in [0.5, 0.6) is 0 Å². The largest absolute Gasteiger partial charge is 0.325 e. The van der Waals surface area contributed by atoms with E-state index in [1.54, 1.807) is 0 Å². The summed E-state index contributed by atoms with van der Waals surface area (Å²) in [5, 5.41) is 0. The number of piperidine rings is 1. The smallest absolute Gasteiger partial charge is 0.0189 e. The van der Waals surface area contributed by atoms with E-state index in [4.69, 9.17) is 5.73 Å². The van der Waals surface area contributed by atoms with E-state index in [1.165, 1.54) is 45.2 Å². The fourth-order valence-electron chi connectivity index (χ4n) is 3.00. The van der Waals surface area contributed by atoms with Crippen LogP contribution in [0.15, 0.2) is 0 Å². The van der Waals surface area contributed by atoms with Crippen LogP contribution in [0.4, 0.5) is 0 Å². The zero-order valence-corrected chi connectivity index (χ0v) is 9.63. The van der Waals surface area contributed by atoms with Gasteiger partial charge in [-0.05, 0) is 57.7 Å². The molecule has 0 aromatic carbocycles. The number of nitrogens with two attached hydrogens (primary N) is 1. The molecule has 2 heteroatoms. The van der Waals surface area contributed by atoms with Crippen molar-refractivity contribution >= 4 is 0 Å². The minimum Gasteiger partial charge on any atom is -0.325 e. The molecule has 2 atom stereocenters. The molecule has 1 aliphatic carbocycles. The van der Waals surface area contributed by atoms with E-state index < -0.39 is 0 Å². The Morgan fingerprint density at radius 3 is 2.50 bits per heavy atom. The van der Waals surface area contributed by atoms with Gasteiger partial charge in [0.2, 0.25) is 0 Å². The van der Waals surface area contributed by atoms with Crippen molar-refractivity contribution < 1.29 is 0 Å². The summed E-state index contributed by atoms with van der Waals surface area (Å²) in [4.78, 5) is 2.43. The molecule has 0 aromatic heterocycles. The van der Waals surface area contributed by atoms with Gasteiger partial charge in [0.05, 0.1) is 0 Å². The average Bonchev–Trinajstić information content (AvgIpc) is 2.81. The summed E-state index contributed by atoms with van der Waals surface area (Å²) in [7, 11) is 2.22. The molecule has 14 heavy (non-hydrogen) atoms. The molecule has 2 aliphatic rings. The van der Waals surface area contributed by atoms with Crippen molar-refractivity contribution in [1.29, 1.82) is 0 Å². The van der Waals surface area contributed by atoms with Gasteiger partial charge in [0.1, 0.15) is 0 Å². The first-order valence-corrected chi connectivity index (χ1v) is 6.11. The molecule has 0 radical (unpaired) electrons. The molecule has 0 spiro atoms. The lowest BCUT2D eigenvalue weighted by atomic mass is 9.88. The summed E-state index contributed by atoms with van der Waals surface area (Å²) >= 11 is 0. The molecule has 1 aliphatic heterocycles. The topological polar surface area (TPSA) is 29.3 Å². The lowest BCUT2D eigenvalue weighted by Crippen LogP contribution is -2.35. The minimum absolute atomic E-state index is 0.245. The molecule has 2 fully saturated rings. The summed E-state index contributed by atoms with van der Waals surface area (Å²) in [6.45, 7) is 4.82. The zero-order chi connectivity index (χ0) is 10.2. The molecule has 82 valence electrons. The monoisotopic (exact) mass is 196 g/mol. The number of hydrogen-bond acceptors (Lipinski definition) is 2. The van der Waals surface area contributed by atoms with Crippen molar-refractivity contribution in [3.8, 4) is 0 Å². The average molecular weight is 196 g/mol. The van der Waals surface area contributed by atoms with Crippen LogP contribution in [0.1, 0.15) is 39.0 Å². The van der Waals surface area contributed by atoms with Crippen molar-refractivity contribution in [1.82, 2.24) is 4.90 Å². The summed E-state index contributed by atoms with van der Waals surface area (Å²) in [6.07, 6.45) is 6.59. The van der Waals surface area contributed by atoms with Crippen LogP contribution in [-0.4, -0.2) is 30.6 Å². The Bertz CT molecular complexity index is 196. The van der Waals surface area contributed by atoms with Gasteiger partial charge in [-0.25, -0.2) is 0 Å². The molecule has 2 unspecified atom stereocenters. The highest BCUT2D eigenvalue weighted by atomic mass is 15.1. The van der Waals surface area contributed by atoms with Gasteiger partial charge < -0.3 is 10.6 Å². The third-order valence-corrected chi connectivity index (χ3v) is 4.28. The van der Waals surface area contributed by atoms with Crippen LogP contribution in [0.25, 0.3) is 0 Å². The van der Waals surface area contributed by atoms with Crippen LogP contribution >= 0.6 is 0 Å². The Balaban J connectivity index is 1.76. The molecule has 2 rings (SSSR count). The third kappa shape index (κ3) is 2.12. The number of nitrogens with zero attached hydrogens (tertiary/aromatic N) is 1. The minimum atomic E-state index is 0.245. The van der Waals surface area contributed by atoms with Gasteiger partial charge in [-0.2, -0.15) is 0 Å².